The second kappa shape index (κ2) is 42.0. The number of methoxy groups -OCH3 is 4. The van der Waals surface area contributed by atoms with E-state index in [9.17, 15) is 43.2 Å². The van der Waals surface area contributed by atoms with Crippen LogP contribution in [0.2, 0.25) is 0 Å². The number of para-hydroxylation sites is 4. The Kier molecular flexibility index (Phi) is 30.8. The van der Waals surface area contributed by atoms with Gasteiger partial charge in [0.15, 0.2) is 28.6 Å². The highest BCUT2D eigenvalue weighted by Gasteiger charge is 2.38. The molecular formula is C100H106BrN11O19S3. The summed E-state index contributed by atoms with van der Waals surface area (Å²) in [6.07, 6.45) is 17.9. The Hall–Kier alpha value is -13.1. The summed E-state index contributed by atoms with van der Waals surface area (Å²) < 4.78 is 68.4. The minimum Gasteiger partial charge on any atom is -0.496 e. The van der Waals surface area contributed by atoms with Crippen LogP contribution in [0.15, 0.2) is 206 Å². The summed E-state index contributed by atoms with van der Waals surface area (Å²) in [5, 5.41) is 1.81. The van der Waals surface area contributed by atoms with Crippen molar-refractivity contribution in [1.29, 1.82) is 0 Å². The number of hydrogen-bond acceptors (Lipinski definition) is 27. The van der Waals surface area contributed by atoms with Gasteiger partial charge in [0.25, 0.3) is 28.1 Å². The quantitative estimate of drug-likeness (QED) is 0.0353. The van der Waals surface area contributed by atoms with E-state index in [4.69, 9.17) is 46.1 Å². The van der Waals surface area contributed by atoms with E-state index >= 15 is 0 Å². The number of imidazole rings is 1. The predicted molar refractivity (Wildman–Crippen MR) is 521 cm³/mol. The third kappa shape index (κ3) is 20.4. The minimum atomic E-state index is -1.41. The van der Waals surface area contributed by atoms with Crippen LogP contribution in [0.25, 0.3) is 85.4 Å². The third-order valence-electron chi connectivity index (χ3n) is 23.3. The van der Waals surface area contributed by atoms with Crippen molar-refractivity contribution in [2.24, 2.45) is 7.05 Å². The lowest BCUT2D eigenvalue weighted by Crippen LogP contribution is -2.52. The predicted octanol–water partition coefficient (Wildman–Crippen LogP) is 18.7. The Bertz CT molecular complexity index is 7120. The van der Waals surface area contributed by atoms with Crippen molar-refractivity contribution < 1.29 is 65.3 Å². The van der Waals surface area contributed by atoms with Gasteiger partial charge in [-0.15, -0.1) is 34.0 Å². The van der Waals surface area contributed by atoms with Crippen LogP contribution in [0.1, 0.15) is 151 Å². The van der Waals surface area contributed by atoms with Crippen LogP contribution in [0.3, 0.4) is 0 Å². The van der Waals surface area contributed by atoms with E-state index in [-0.39, 0.29) is 101 Å². The second-order valence-corrected chi connectivity index (χ2v) is 37.5. The standard InChI is InChI=1S/C28H31BrN2O5S.C26H31N5O6.2C23H22N2O4S/c1-15(2)36-21(18-10-8-9-11-20(18)34-7)14-19-24-22(16(3)23(37-24)26-30-12-13-35-26)27(33)31(25(19)29)28(5,6)17(4)32;1-15(2)37-19(17-10-8-9-11-18(17)35-7)14-30-21-20(29(6)22(28-21)23-27-12-13-36-23)24(33)31(25(30)34)26(4,5)16(3)32;2*1-14(26)12-25-13-17(9-8-16-6-4-5-7-18(16)28-3)21-19(23(25)27)15(2)20(30-21)22-24-10-11-29-22/h8-13,15,21H,14H2,1-7H3;8-13,15,19H,14H2,1-7H3;2*4-7,10-11,13H,8-9,12H2,1-3H3/t21-;19-;;/m00../s1. The number of thiophene rings is 3. The number of ketones is 4. The fourth-order valence-electron chi connectivity index (χ4n) is 16.2. The number of aryl methyl sites for hydroxylation is 8. The number of ether oxygens (including phenoxy) is 6. The van der Waals surface area contributed by atoms with Gasteiger partial charge in [-0.25, -0.2) is 34.3 Å². The summed E-state index contributed by atoms with van der Waals surface area (Å²) in [5.74, 6) is 4.33. The molecule has 12 aromatic heterocycles. The van der Waals surface area contributed by atoms with E-state index in [0.717, 1.165) is 119 Å². The first kappa shape index (κ1) is 98.4. The summed E-state index contributed by atoms with van der Waals surface area (Å²) in [6, 6.07) is 31.0. The molecule has 0 radical (unpaired) electrons. The Morgan fingerprint density at radius 1 is 0.463 bits per heavy atom. The SMILES string of the molecule is COc1ccccc1CCc1cn(CC(C)=O)c(=O)c2c(C)c(-c3ncco3)sc12.COc1ccccc1CCc1cn(CC(C)=O)c(=O)c2c(C)c(-c3ncco3)sc12.COc1ccccc1[C@H](Cc1c(Br)n(C(C)(C)C(C)=O)c(=O)c2c(C)c(-c3ncco3)sc12)OC(C)C.COc1ccccc1[C@H](Cn1c(=O)n(C(C)(C)C(C)=O)c(=O)c2c1nc(-c1ncco1)n2C)OC(C)C. The molecule has 700 valence electrons. The topological polar surface area (TPSA) is 356 Å². The number of Topliss-reactive ketones (excluding diaryl/α,β-unsaturated/α-hetero) is 4. The molecule has 30 nitrogen and oxygen atoms in total. The summed E-state index contributed by atoms with van der Waals surface area (Å²) in [5.41, 5.74) is 5.07. The van der Waals surface area contributed by atoms with Crippen molar-refractivity contribution in [3.05, 3.63) is 271 Å². The van der Waals surface area contributed by atoms with Crippen molar-refractivity contribution in [2.45, 2.75) is 191 Å². The highest BCUT2D eigenvalue weighted by molar-refractivity contribution is 9.10. The molecule has 12 heterocycles. The third-order valence-corrected chi connectivity index (χ3v) is 28.2. The molecule has 0 saturated heterocycles. The van der Waals surface area contributed by atoms with E-state index in [1.54, 1.807) is 86.3 Å². The van der Waals surface area contributed by atoms with Gasteiger partial charge < -0.3 is 59.8 Å². The van der Waals surface area contributed by atoms with Gasteiger partial charge in [-0.2, -0.15) is 0 Å². The highest BCUT2D eigenvalue weighted by atomic mass is 79.9. The van der Waals surface area contributed by atoms with Crippen molar-refractivity contribution >= 4 is 114 Å². The molecule has 0 fully saturated rings. The van der Waals surface area contributed by atoms with Crippen LogP contribution in [-0.2, 0) is 98.5 Å². The van der Waals surface area contributed by atoms with Crippen molar-refractivity contribution in [3.63, 3.8) is 0 Å². The monoisotopic (exact) mass is 1940 g/mol. The maximum absolute atomic E-state index is 14.0. The number of nitrogens with zero attached hydrogens (tertiary/aromatic N) is 11. The molecule has 2 atom stereocenters. The fraction of sp³-hybridized carbons (Fsp3) is 0.340. The Labute approximate surface area is 791 Å². The van der Waals surface area contributed by atoms with Crippen molar-refractivity contribution in [2.75, 3.05) is 28.4 Å². The lowest BCUT2D eigenvalue weighted by molar-refractivity contribution is -0.124. The van der Waals surface area contributed by atoms with Crippen molar-refractivity contribution in [1.82, 2.24) is 52.3 Å². The van der Waals surface area contributed by atoms with E-state index in [1.165, 1.54) is 111 Å². The number of rotatable bonds is 32. The second-order valence-electron chi connectivity index (χ2n) is 33.7. The summed E-state index contributed by atoms with van der Waals surface area (Å²) >= 11 is 8.21. The van der Waals surface area contributed by atoms with Crippen LogP contribution in [0, 0.1) is 20.8 Å². The number of halogens is 1. The number of fused-ring (bicyclic) bond motifs is 4. The summed E-state index contributed by atoms with van der Waals surface area (Å²) in [4.78, 5) is 141. The number of carbonyl (C=O) groups excluding carboxylic acids is 4. The van der Waals surface area contributed by atoms with Crippen molar-refractivity contribution in [3.8, 4) is 67.0 Å². The van der Waals surface area contributed by atoms with Crippen LogP contribution in [0.4, 0.5) is 0 Å². The van der Waals surface area contributed by atoms with Gasteiger partial charge in [0.2, 0.25) is 17.7 Å². The number of pyridine rings is 3. The molecule has 0 amide bonds. The maximum Gasteiger partial charge on any atom is 0.333 e. The van der Waals surface area contributed by atoms with Gasteiger partial charge in [-0.05, 0) is 209 Å². The largest absolute Gasteiger partial charge is 0.496 e. The average molecular weight is 1940 g/mol. The average Bonchev–Trinajstić information content (AvgIpc) is 1.48. The molecule has 0 spiro atoms. The molecule has 4 aromatic carbocycles. The molecule has 0 N–H and O–H groups in total. The van der Waals surface area contributed by atoms with Crippen LogP contribution in [0.5, 0.6) is 23.0 Å². The molecule has 134 heavy (non-hydrogen) atoms. The molecule has 0 saturated carbocycles. The number of hydrogen-bond donors (Lipinski definition) is 0. The zero-order valence-corrected chi connectivity index (χ0v) is 82.3. The van der Waals surface area contributed by atoms with Crippen LogP contribution in [-0.4, -0.2) is 116 Å². The van der Waals surface area contributed by atoms with E-state index in [0.29, 0.717) is 63.4 Å². The zero-order chi connectivity index (χ0) is 96.6. The minimum absolute atomic E-state index is 0.00415. The first-order valence-corrected chi connectivity index (χ1v) is 46.5. The van der Waals surface area contributed by atoms with E-state index < -0.39 is 28.4 Å². The number of oxazole rings is 4. The smallest absolute Gasteiger partial charge is 0.333 e. The Balaban J connectivity index is 0.000000152. The summed E-state index contributed by atoms with van der Waals surface area (Å²) in [7, 11) is 8.16. The first-order valence-electron chi connectivity index (χ1n) is 43.3. The van der Waals surface area contributed by atoms with Gasteiger partial charge in [-0.3, -0.25) is 47.5 Å². The zero-order valence-electron chi connectivity index (χ0n) is 78.3. The number of aromatic nitrogens is 11. The molecule has 16 aromatic rings. The molecule has 0 aliphatic carbocycles. The van der Waals surface area contributed by atoms with Gasteiger partial charge in [-0.1, -0.05) is 72.8 Å². The first-order chi connectivity index (χ1) is 63.9. The lowest BCUT2D eigenvalue weighted by Gasteiger charge is -2.29. The molecule has 0 unspecified atom stereocenters. The Morgan fingerprint density at radius 3 is 1.22 bits per heavy atom. The lowest BCUT2D eigenvalue weighted by atomic mass is 9.96. The molecule has 16 rings (SSSR count). The number of benzene rings is 4. The fourth-order valence-corrected chi connectivity index (χ4v) is 21.1. The molecule has 0 bridgehead atoms. The molecule has 0 aliphatic rings. The van der Waals surface area contributed by atoms with Gasteiger partial charge in [0, 0.05) is 56.7 Å². The van der Waals surface area contributed by atoms with Crippen LogP contribution >= 0.6 is 49.9 Å². The Morgan fingerprint density at radius 2 is 0.828 bits per heavy atom. The highest BCUT2D eigenvalue weighted by Crippen LogP contribution is 2.46. The van der Waals surface area contributed by atoms with E-state index in [2.05, 4.69) is 40.8 Å². The van der Waals surface area contributed by atoms with Gasteiger partial charge >= 0.3 is 5.69 Å². The van der Waals surface area contributed by atoms with Gasteiger partial charge in [0.05, 0.1) is 127 Å². The van der Waals surface area contributed by atoms with Crippen LogP contribution < -0.4 is 46.9 Å². The van der Waals surface area contributed by atoms with E-state index in [1.807, 2.05) is 158 Å². The van der Waals surface area contributed by atoms with Gasteiger partial charge in [0.1, 0.15) is 76.8 Å². The maximum atomic E-state index is 14.0. The molecular weight excluding hydrogens is 1840 g/mol. The summed E-state index contributed by atoms with van der Waals surface area (Å²) in [6.45, 7) is 26.0. The molecule has 0 aliphatic heterocycles. The number of carbonyl (C=O) groups is 4. The normalized spacial score (nSPS) is 12.1. The molecule has 34 heteroatoms.